The van der Waals surface area contributed by atoms with E-state index in [1.165, 1.54) is 24.8 Å². The molecule has 1 aromatic carbocycles. The van der Waals surface area contributed by atoms with Gasteiger partial charge in [-0.2, -0.15) is 0 Å². The molecule has 1 atom stereocenters. The van der Waals surface area contributed by atoms with Crippen molar-refractivity contribution in [3.05, 3.63) is 35.9 Å². The van der Waals surface area contributed by atoms with Gasteiger partial charge in [-0.1, -0.05) is 44.2 Å². The van der Waals surface area contributed by atoms with Gasteiger partial charge < -0.3 is 15.0 Å². The van der Waals surface area contributed by atoms with E-state index in [1.54, 1.807) is 7.11 Å². The fourth-order valence-electron chi connectivity index (χ4n) is 3.55. The Hall–Kier alpha value is -1.55. The molecule has 1 heterocycles. The number of hydrogen-bond donors (Lipinski definition) is 1. The molecule has 0 amide bonds. The number of nitrogens with zero attached hydrogens (tertiary/aromatic N) is 2. The van der Waals surface area contributed by atoms with Gasteiger partial charge in [-0.15, -0.1) is 0 Å². The number of aryl methyl sites for hydroxylation is 1. The Morgan fingerprint density at radius 3 is 2.76 bits per heavy atom. The number of likely N-dealkylation sites (tertiary alicyclic amines) is 1. The summed E-state index contributed by atoms with van der Waals surface area (Å²) in [5.74, 6) is 1.66. The molecule has 140 valence electrons. The van der Waals surface area contributed by atoms with Crippen LogP contribution in [0.3, 0.4) is 0 Å². The highest BCUT2D eigenvalue weighted by molar-refractivity contribution is 5.80. The van der Waals surface area contributed by atoms with E-state index in [2.05, 4.69) is 59.4 Å². The summed E-state index contributed by atoms with van der Waals surface area (Å²) in [6.07, 6.45) is 4.77. The van der Waals surface area contributed by atoms with E-state index < -0.39 is 0 Å². The van der Waals surface area contributed by atoms with E-state index in [9.17, 15) is 0 Å². The molecule has 1 aliphatic heterocycles. The van der Waals surface area contributed by atoms with Crippen molar-refractivity contribution in [2.45, 2.75) is 39.5 Å². The molecular formula is C21H35N3O. The molecule has 2 rings (SSSR count). The standard InChI is InChI=1S/C21H35N3O/c1-21(2,13-8-11-18-9-6-5-7-10-18)17-23-20(22-3)24-14-12-19(15-24)16-25-4/h5-7,9-10,19H,8,11-17H2,1-4H3,(H,22,23). The molecule has 0 radical (unpaired) electrons. The number of aliphatic imine (C=N–C) groups is 1. The van der Waals surface area contributed by atoms with Crippen LogP contribution in [0, 0.1) is 11.3 Å². The highest BCUT2D eigenvalue weighted by Gasteiger charge is 2.26. The molecule has 1 aliphatic rings. The zero-order valence-corrected chi connectivity index (χ0v) is 16.4. The zero-order valence-electron chi connectivity index (χ0n) is 16.4. The van der Waals surface area contributed by atoms with Gasteiger partial charge >= 0.3 is 0 Å². The fraction of sp³-hybridized carbons (Fsp3) is 0.667. The van der Waals surface area contributed by atoms with Crippen LogP contribution in [-0.4, -0.2) is 51.3 Å². The largest absolute Gasteiger partial charge is 0.384 e. The van der Waals surface area contributed by atoms with Crippen molar-refractivity contribution in [1.82, 2.24) is 10.2 Å². The van der Waals surface area contributed by atoms with Crippen LogP contribution in [-0.2, 0) is 11.2 Å². The fourth-order valence-corrected chi connectivity index (χ4v) is 3.55. The summed E-state index contributed by atoms with van der Waals surface area (Å²) in [4.78, 5) is 6.85. The average molecular weight is 346 g/mol. The second-order valence-electron chi connectivity index (χ2n) is 7.96. The molecule has 4 nitrogen and oxygen atoms in total. The van der Waals surface area contributed by atoms with Gasteiger partial charge in [0.25, 0.3) is 0 Å². The minimum absolute atomic E-state index is 0.260. The lowest BCUT2D eigenvalue weighted by Gasteiger charge is -2.29. The van der Waals surface area contributed by atoms with Gasteiger partial charge in [-0.3, -0.25) is 4.99 Å². The number of hydrogen-bond acceptors (Lipinski definition) is 2. The zero-order chi connectivity index (χ0) is 18.1. The van der Waals surface area contributed by atoms with Crippen molar-refractivity contribution in [2.24, 2.45) is 16.3 Å². The lowest BCUT2D eigenvalue weighted by atomic mass is 9.86. The van der Waals surface area contributed by atoms with Gasteiger partial charge in [0.15, 0.2) is 5.96 Å². The van der Waals surface area contributed by atoms with E-state index in [-0.39, 0.29) is 5.41 Å². The van der Waals surface area contributed by atoms with E-state index in [0.29, 0.717) is 5.92 Å². The minimum atomic E-state index is 0.260. The summed E-state index contributed by atoms with van der Waals surface area (Å²) in [5, 5.41) is 3.60. The second-order valence-corrected chi connectivity index (χ2v) is 7.96. The van der Waals surface area contributed by atoms with E-state index in [4.69, 9.17) is 4.74 Å². The number of nitrogens with one attached hydrogen (secondary N) is 1. The van der Waals surface area contributed by atoms with E-state index >= 15 is 0 Å². The Morgan fingerprint density at radius 2 is 2.08 bits per heavy atom. The molecule has 0 bridgehead atoms. The first kappa shape index (κ1) is 19.8. The first-order chi connectivity index (χ1) is 12.0. The molecule has 0 aliphatic carbocycles. The topological polar surface area (TPSA) is 36.9 Å². The Bertz CT molecular complexity index is 527. The molecule has 1 fully saturated rings. The predicted octanol–water partition coefficient (Wildman–Crippen LogP) is 3.58. The smallest absolute Gasteiger partial charge is 0.193 e. The maximum absolute atomic E-state index is 5.30. The van der Waals surface area contributed by atoms with Crippen molar-refractivity contribution in [3.8, 4) is 0 Å². The van der Waals surface area contributed by atoms with Crippen molar-refractivity contribution in [2.75, 3.05) is 40.4 Å². The molecule has 0 saturated carbocycles. The molecule has 1 aromatic rings. The van der Waals surface area contributed by atoms with Gasteiger partial charge in [-0.25, -0.2) is 0 Å². The van der Waals surface area contributed by atoms with Crippen molar-refractivity contribution >= 4 is 5.96 Å². The first-order valence-electron chi connectivity index (χ1n) is 9.52. The van der Waals surface area contributed by atoms with Crippen LogP contribution in [0.4, 0.5) is 0 Å². The Labute approximate surface area is 153 Å². The van der Waals surface area contributed by atoms with Gasteiger partial charge in [0, 0.05) is 39.7 Å². The third-order valence-electron chi connectivity index (χ3n) is 5.09. The molecule has 4 heteroatoms. The molecule has 1 N–H and O–H groups in total. The van der Waals surface area contributed by atoms with Gasteiger partial charge in [0.2, 0.25) is 0 Å². The van der Waals surface area contributed by atoms with Crippen LogP contribution in [0.25, 0.3) is 0 Å². The van der Waals surface area contributed by atoms with Crippen molar-refractivity contribution < 1.29 is 4.74 Å². The summed E-state index contributed by atoms with van der Waals surface area (Å²) in [7, 11) is 3.67. The van der Waals surface area contributed by atoms with Crippen molar-refractivity contribution in [3.63, 3.8) is 0 Å². The van der Waals surface area contributed by atoms with Crippen LogP contribution in [0.2, 0.25) is 0 Å². The van der Waals surface area contributed by atoms with Gasteiger partial charge in [-0.05, 0) is 36.7 Å². The highest BCUT2D eigenvalue weighted by Crippen LogP contribution is 2.23. The van der Waals surface area contributed by atoms with Crippen LogP contribution in [0.5, 0.6) is 0 Å². The maximum atomic E-state index is 5.30. The summed E-state index contributed by atoms with van der Waals surface area (Å²) in [6, 6.07) is 10.8. The second kappa shape index (κ2) is 9.81. The van der Waals surface area contributed by atoms with Gasteiger partial charge in [0.1, 0.15) is 0 Å². The third-order valence-corrected chi connectivity index (χ3v) is 5.09. The Balaban J connectivity index is 1.73. The molecule has 25 heavy (non-hydrogen) atoms. The highest BCUT2D eigenvalue weighted by atomic mass is 16.5. The molecule has 0 aromatic heterocycles. The Morgan fingerprint density at radius 1 is 1.32 bits per heavy atom. The summed E-state index contributed by atoms with van der Waals surface area (Å²) < 4.78 is 5.30. The average Bonchev–Trinajstić information content (AvgIpc) is 3.05. The summed E-state index contributed by atoms with van der Waals surface area (Å²) in [6.45, 7) is 8.61. The normalized spacial score (nSPS) is 18.6. The molecule has 1 unspecified atom stereocenters. The predicted molar refractivity (Wildman–Crippen MR) is 106 cm³/mol. The number of rotatable bonds is 8. The summed E-state index contributed by atoms with van der Waals surface area (Å²) >= 11 is 0. The van der Waals surface area contributed by atoms with Crippen molar-refractivity contribution in [1.29, 1.82) is 0 Å². The minimum Gasteiger partial charge on any atom is -0.384 e. The third kappa shape index (κ3) is 6.69. The number of ether oxygens (including phenoxy) is 1. The van der Waals surface area contributed by atoms with Crippen LogP contribution >= 0.6 is 0 Å². The maximum Gasteiger partial charge on any atom is 0.193 e. The van der Waals surface area contributed by atoms with Gasteiger partial charge in [0.05, 0.1) is 6.61 Å². The first-order valence-corrected chi connectivity index (χ1v) is 9.52. The van der Waals surface area contributed by atoms with Crippen LogP contribution in [0.1, 0.15) is 38.7 Å². The quantitative estimate of drug-likeness (QED) is 0.578. The SMILES string of the molecule is CN=C(NCC(C)(C)CCCc1ccccc1)N1CCC(COC)C1. The van der Waals surface area contributed by atoms with Crippen LogP contribution in [0.15, 0.2) is 35.3 Å². The lowest BCUT2D eigenvalue weighted by molar-refractivity contribution is 0.157. The lowest BCUT2D eigenvalue weighted by Crippen LogP contribution is -2.44. The summed E-state index contributed by atoms with van der Waals surface area (Å²) in [5.41, 5.74) is 1.69. The number of benzene rings is 1. The molecular weight excluding hydrogens is 310 g/mol. The molecule has 0 spiro atoms. The molecule has 1 saturated heterocycles. The van der Waals surface area contributed by atoms with E-state index in [0.717, 1.165) is 38.6 Å². The van der Waals surface area contributed by atoms with E-state index in [1.807, 2.05) is 7.05 Å². The Kier molecular flexibility index (Phi) is 7.76. The monoisotopic (exact) mass is 345 g/mol. The van der Waals surface area contributed by atoms with Crippen LogP contribution < -0.4 is 5.32 Å². The number of methoxy groups -OCH3 is 1. The number of guanidine groups is 1.